The van der Waals surface area contributed by atoms with E-state index in [2.05, 4.69) is 20.2 Å². The molecule has 5 rings (SSSR count). The van der Waals surface area contributed by atoms with E-state index in [1.807, 2.05) is 18.3 Å². The monoisotopic (exact) mass is 473 g/mol. The number of rotatable bonds is 6. The molecule has 2 aromatic carbocycles. The Morgan fingerprint density at radius 2 is 1.86 bits per heavy atom. The molecular weight excluding hydrogens is 448 g/mol. The van der Waals surface area contributed by atoms with Crippen molar-refractivity contribution in [3.8, 4) is 5.69 Å². The molecule has 1 fully saturated rings. The van der Waals surface area contributed by atoms with Gasteiger partial charge < -0.3 is 5.73 Å². The van der Waals surface area contributed by atoms with Gasteiger partial charge in [0.1, 0.15) is 11.6 Å². The van der Waals surface area contributed by atoms with Gasteiger partial charge in [-0.05, 0) is 61.9 Å². The summed E-state index contributed by atoms with van der Waals surface area (Å²) in [6.45, 7) is 1.64. The fourth-order valence-electron chi connectivity index (χ4n) is 4.51. The van der Waals surface area contributed by atoms with E-state index in [9.17, 15) is 8.78 Å². The number of aromatic nitrogens is 4. The molecule has 0 aliphatic carbocycles. The van der Waals surface area contributed by atoms with Gasteiger partial charge in [0.25, 0.3) is 0 Å². The summed E-state index contributed by atoms with van der Waals surface area (Å²) in [7, 11) is 0. The summed E-state index contributed by atoms with van der Waals surface area (Å²) in [4.78, 5) is 6.06. The van der Waals surface area contributed by atoms with E-state index in [0.717, 1.165) is 36.3 Å². The first kappa shape index (κ1) is 22.8. The number of halogens is 2. The van der Waals surface area contributed by atoms with Crippen LogP contribution in [0.2, 0.25) is 0 Å². The third kappa shape index (κ3) is 4.81. The number of likely N-dealkylation sites (tertiary alicyclic amines) is 1. The number of nitrogens with zero attached hydrogens (tertiary/aromatic N) is 5. The summed E-state index contributed by atoms with van der Waals surface area (Å²) in [6.07, 6.45) is 6.99. The van der Waals surface area contributed by atoms with Gasteiger partial charge in [0.2, 0.25) is 0 Å². The molecule has 0 radical (unpaired) electrons. The molecule has 2 aromatic heterocycles. The number of hydrogen-bond donors (Lipinski definition) is 2. The van der Waals surface area contributed by atoms with Crippen LogP contribution >= 0.6 is 0 Å². The molecule has 1 atom stereocenters. The second-order valence-electron chi connectivity index (χ2n) is 8.74. The molecule has 1 aliphatic rings. The Morgan fingerprint density at radius 1 is 1.09 bits per heavy atom. The van der Waals surface area contributed by atoms with Crippen molar-refractivity contribution in [2.75, 3.05) is 18.8 Å². The zero-order valence-corrected chi connectivity index (χ0v) is 19.0. The van der Waals surface area contributed by atoms with Gasteiger partial charge in [0.15, 0.2) is 0 Å². The average molecular weight is 474 g/mol. The number of nitrogens with one attached hydrogen (secondary N) is 1. The van der Waals surface area contributed by atoms with Crippen LogP contribution in [-0.2, 0) is 6.54 Å². The summed E-state index contributed by atoms with van der Waals surface area (Å²) in [6, 6.07) is 12.9. The van der Waals surface area contributed by atoms with Crippen molar-refractivity contribution in [3.63, 3.8) is 0 Å². The van der Waals surface area contributed by atoms with E-state index in [1.54, 1.807) is 35.3 Å². The van der Waals surface area contributed by atoms with Gasteiger partial charge in [-0.1, -0.05) is 11.3 Å². The molecule has 1 aliphatic heterocycles. The van der Waals surface area contributed by atoms with Crippen molar-refractivity contribution < 1.29 is 8.78 Å². The molecule has 0 bridgehead atoms. The number of pyridine rings is 1. The molecular formula is C26H25F2N7. The number of nitrogen functional groups attached to an aromatic ring is 1. The average Bonchev–Trinajstić information content (AvgIpc) is 3.37. The van der Waals surface area contributed by atoms with E-state index in [-0.39, 0.29) is 18.0 Å². The second kappa shape index (κ2) is 9.71. The van der Waals surface area contributed by atoms with Crippen LogP contribution in [0.4, 0.5) is 14.5 Å². The lowest BCUT2D eigenvalue weighted by atomic mass is 9.95. The smallest absolute Gasteiger partial charge is 0.130 e. The summed E-state index contributed by atoms with van der Waals surface area (Å²) >= 11 is 0. The maximum absolute atomic E-state index is 14.1. The number of hydrogen-bond acceptors (Lipinski definition) is 6. The molecule has 0 amide bonds. The highest BCUT2D eigenvalue weighted by molar-refractivity contribution is 6.14. The van der Waals surface area contributed by atoms with Gasteiger partial charge >= 0.3 is 0 Å². The lowest BCUT2D eigenvalue weighted by Gasteiger charge is -2.31. The highest BCUT2D eigenvalue weighted by atomic mass is 19.1. The van der Waals surface area contributed by atoms with Crippen LogP contribution in [0.1, 0.15) is 41.1 Å². The van der Waals surface area contributed by atoms with Crippen LogP contribution < -0.4 is 5.73 Å². The highest BCUT2D eigenvalue weighted by Gasteiger charge is 2.25. The van der Waals surface area contributed by atoms with Crippen LogP contribution in [0.25, 0.3) is 5.69 Å². The Hall–Kier alpha value is -3.98. The summed E-state index contributed by atoms with van der Waals surface area (Å²) in [5.74, 6) is -0.931. The maximum Gasteiger partial charge on any atom is 0.130 e. The van der Waals surface area contributed by atoms with Crippen LogP contribution in [0.3, 0.4) is 0 Å². The van der Waals surface area contributed by atoms with Gasteiger partial charge in [0, 0.05) is 53.8 Å². The standard InChI is InChI=1S/C26H25F2N7/c27-22-4-1-5-23(28)21(22)15-34-12-2-3-18(14-34)25-16-35(33-32-25)19-6-7-24(29)20(13-19)26(30)17-8-10-31-11-9-17/h1,4-11,13,16,18,30H,2-3,12,14-15,29H2/t18-/m1/s1. The third-order valence-corrected chi connectivity index (χ3v) is 6.42. The SMILES string of the molecule is N=C(c1ccncc1)c1cc(-n2cc([C@@H]3CCCN(Cc4c(F)cccc4F)C3)nn2)ccc1N. The molecule has 3 N–H and O–H groups in total. The van der Waals surface area contributed by atoms with E-state index < -0.39 is 11.6 Å². The Morgan fingerprint density at radius 3 is 2.63 bits per heavy atom. The van der Waals surface area contributed by atoms with Crippen LogP contribution in [0, 0.1) is 17.0 Å². The topological polar surface area (TPSA) is 96.7 Å². The highest BCUT2D eigenvalue weighted by Crippen LogP contribution is 2.28. The third-order valence-electron chi connectivity index (χ3n) is 6.42. The first-order valence-corrected chi connectivity index (χ1v) is 11.5. The van der Waals surface area contributed by atoms with Crippen molar-refractivity contribution in [2.24, 2.45) is 0 Å². The summed E-state index contributed by atoms with van der Waals surface area (Å²) in [5, 5.41) is 17.3. The van der Waals surface area contributed by atoms with E-state index in [0.29, 0.717) is 23.5 Å². The molecule has 35 heavy (non-hydrogen) atoms. The maximum atomic E-state index is 14.1. The molecule has 0 spiro atoms. The van der Waals surface area contributed by atoms with Crippen molar-refractivity contribution in [3.05, 3.63) is 101 Å². The molecule has 0 unspecified atom stereocenters. The van der Waals surface area contributed by atoms with Gasteiger partial charge in [0.05, 0.1) is 23.3 Å². The fourth-order valence-corrected chi connectivity index (χ4v) is 4.51. The van der Waals surface area contributed by atoms with E-state index >= 15 is 0 Å². The van der Waals surface area contributed by atoms with E-state index in [4.69, 9.17) is 11.1 Å². The summed E-state index contributed by atoms with van der Waals surface area (Å²) in [5.41, 5.74) is 9.95. The van der Waals surface area contributed by atoms with Gasteiger partial charge in [-0.2, -0.15) is 0 Å². The Balaban J connectivity index is 1.34. The predicted molar refractivity (Wildman–Crippen MR) is 130 cm³/mol. The fraction of sp³-hybridized carbons (Fsp3) is 0.231. The minimum Gasteiger partial charge on any atom is -0.398 e. The van der Waals surface area contributed by atoms with E-state index in [1.165, 1.54) is 18.2 Å². The zero-order chi connectivity index (χ0) is 24.4. The first-order chi connectivity index (χ1) is 17.0. The Bertz CT molecular complexity index is 1330. The van der Waals surface area contributed by atoms with Crippen molar-refractivity contribution in [1.29, 1.82) is 5.41 Å². The normalized spacial score (nSPS) is 16.3. The van der Waals surface area contributed by atoms with Crippen molar-refractivity contribution >= 4 is 11.4 Å². The minimum atomic E-state index is -0.519. The number of nitrogens with two attached hydrogens (primary N) is 1. The molecule has 7 nitrogen and oxygen atoms in total. The van der Waals surface area contributed by atoms with Crippen molar-refractivity contribution in [2.45, 2.75) is 25.3 Å². The number of benzene rings is 2. The number of piperidine rings is 1. The predicted octanol–water partition coefficient (Wildman–Crippen LogP) is 4.32. The molecule has 0 saturated carbocycles. The van der Waals surface area contributed by atoms with Crippen LogP contribution in [0.5, 0.6) is 0 Å². The molecule has 4 aromatic rings. The molecule has 178 valence electrons. The molecule has 9 heteroatoms. The largest absolute Gasteiger partial charge is 0.398 e. The Kier molecular flexibility index (Phi) is 6.33. The lowest BCUT2D eigenvalue weighted by molar-refractivity contribution is 0.194. The van der Waals surface area contributed by atoms with Gasteiger partial charge in [-0.25, -0.2) is 13.5 Å². The lowest BCUT2D eigenvalue weighted by Crippen LogP contribution is -2.34. The minimum absolute atomic E-state index is 0.0999. The van der Waals surface area contributed by atoms with Crippen molar-refractivity contribution in [1.82, 2.24) is 24.9 Å². The molecule has 3 heterocycles. The second-order valence-corrected chi connectivity index (χ2v) is 8.74. The van der Waals surface area contributed by atoms with Gasteiger partial charge in [-0.15, -0.1) is 5.10 Å². The van der Waals surface area contributed by atoms with Crippen LogP contribution in [-0.4, -0.2) is 43.7 Å². The summed E-state index contributed by atoms with van der Waals surface area (Å²) < 4.78 is 29.9. The zero-order valence-electron chi connectivity index (χ0n) is 19.0. The quantitative estimate of drug-likeness (QED) is 0.321. The number of anilines is 1. The van der Waals surface area contributed by atoms with Gasteiger partial charge in [-0.3, -0.25) is 15.3 Å². The Labute approximate surface area is 201 Å². The molecule has 1 saturated heterocycles. The van der Waals surface area contributed by atoms with Crippen LogP contribution in [0.15, 0.2) is 67.1 Å². The first-order valence-electron chi connectivity index (χ1n) is 11.5.